The van der Waals surface area contributed by atoms with Crippen molar-refractivity contribution in [3.05, 3.63) is 10.4 Å². The lowest BCUT2D eigenvalue weighted by Gasteiger charge is -2.51. The normalized spacial score (nSPS) is 34.9. The van der Waals surface area contributed by atoms with Gasteiger partial charge in [0.2, 0.25) is 0 Å². The van der Waals surface area contributed by atoms with Crippen LogP contribution in [0.1, 0.15) is 41.5 Å². The molecule has 2 aliphatic heterocycles. The van der Waals surface area contributed by atoms with Crippen LogP contribution in [0.3, 0.4) is 0 Å². The molecule has 0 saturated carbocycles. The number of hydrogen-bond donors (Lipinski definition) is 1. The van der Waals surface area contributed by atoms with Crippen molar-refractivity contribution in [1.82, 2.24) is 0 Å². The van der Waals surface area contributed by atoms with Gasteiger partial charge in [-0.3, -0.25) is 0 Å². The quantitative estimate of drug-likeness (QED) is 0.336. The standard InChI is InChI=1S/C17H33N3O5Si/c1-10(2)16(3,4)26(7,8)25-15-12(19-20-18)13(21)14-11(23-15)9-22-17(5,6)24-14/h10-15,21H,9H2,1-8H3/t11-,12-,13-,14-,15+/m1/s1. The molecule has 2 rings (SSSR count). The summed E-state index contributed by atoms with van der Waals surface area (Å²) < 4.78 is 24.0. The van der Waals surface area contributed by atoms with Crippen LogP contribution in [0.4, 0.5) is 0 Å². The van der Waals surface area contributed by atoms with Crippen LogP contribution in [0.25, 0.3) is 10.4 Å². The maximum Gasteiger partial charge on any atom is 0.196 e. The zero-order valence-corrected chi connectivity index (χ0v) is 18.1. The second-order valence-corrected chi connectivity index (χ2v) is 13.6. The van der Waals surface area contributed by atoms with Gasteiger partial charge < -0.3 is 23.7 Å². The molecule has 9 heteroatoms. The Morgan fingerprint density at radius 2 is 1.96 bits per heavy atom. The minimum Gasteiger partial charge on any atom is -0.392 e. The smallest absolute Gasteiger partial charge is 0.196 e. The molecule has 8 nitrogen and oxygen atoms in total. The molecule has 0 aromatic carbocycles. The van der Waals surface area contributed by atoms with Crippen LogP contribution >= 0.6 is 0 Å². The van der Waals surface area contributed by atoms with Gasteiger partial charge in [-0.05, 0) is 43.4 Å². The van der Waals surface area contributed by atoms with Crippen LogP contribution in [-0.2, 0) is 18.6 Å². The van der Waals surface area contributed by atoms with Crippen molar-refractivity contribution < 1.29 is 23.7 Å². The van der Waals surface area contributed by atoms with E-state index < -0.39 is 44.7 Å². The number of ether oxygens (including phenoxy) is 3. The van der Waals surface area contributed by atoms with E-state index in [1.807, 2.05) is 0 Å². The van der Waals surface area contributed by atoms with Crippen LogP contribution < -0.4 is 0 Å². The minimum absolute atomic E-state index is 0.0410. The molecular formula is C17H33N3O5Si. The fourth-order valence-corrected chi connectivity index (χ4v) is 5.72. The Balaban J connectivity index is 2.26. The molecule has 0 unspecified atom stereocenters. The van der Waals surface area contributed by atoms with E-state index >= 15 is 0 Å². The van der Waals surface area contributed by atoms with Crippen molar-refractivity contribution in [2.45, 2.75) is 96.1 Å². The second kappa shape index (κ2) is 7.39. The van der Waals surface area contributed by atoms with E-state index in [1.54, 1.807) is 13.8 Å². The van der Waals surface area contributed by atoms with Crippen LogP contribution in [0.2, 0.25) is 18.1 Å². The minimum atomic E-state index is -2.27. The molecule has 1 N–H and O–H groups in total. The Morgan fingerprint density at radius 1 is 1.35 bits per heavy atom. The molecule has 0 spiro atoms. The summed E-state index contributed by atoms with van der Waals surface area (Å²) in [6, 6.07) is -0.870. The van der Waals surface area contributed by atoms with Gasteiger partial charge >= 0.3 is 0 Å². The van der Waals surface area contributed by atoms with Gasteiger partial charge in [0.15, 0.2) is 20.4 Å². The first-order chi connectivity index (χ1) is 11.8. The monoisotopic (exact) mass is 387 g/mol. The third kappa shape index (κ3) is 4.09. The second-order valence-electron chi connectivity index (χ2n) is 9.03. The van der Waals surface area contributed by atoms with Gasteiger partial charge in [-0.1, -0.05) is 32.8 Å². The summed E-state index contributed by atoms with van der Waals surface area (Å²) in [6.07, 6.45) is -2.95. The number of nitrogens with zero attached hydrogens (tertiary/aromatic N) is 3. The zero-order chi connectivity index (χ0) is 19.9. The van der Waals surface area contributed by atoms with Gasteiger partial charge in [0.1, 0.15) is 18.2 Å². The lowest BCUT2D eigenvalue weighted by Crippen LogP contribution is -2.65. The largest absolute Gasteiger partial charge is 0.392 e. The van der Waals surface area contributed by atoms with Crippen molar-refractivity contribution in [3.8, 4) is 0 Å². The van der Waals surface area contributed by atoms with Crippen LogP contribution in [0, 0.1) is 5.92 Å². The summed E-state index contributed by atoms with van der Waals surface area (Å²) in [7, 11) is -2.27. The highest BCUT2D eigenvalue weighted by atomic mass is 28.4. The molecule has 2 saturated heterocycles. The number of fused-ring (bicyclic) bond motifs is 1. The molecular weight excluding hydrogens is 354 g/mol. The van der Waals surface area contributed by atoms with Crippen LogP contribution in [0.15, 0.2) is 5.11 Å². The van der Waals surface area contributed by atoms with E-state index in [-0.39, 0.29) is 11.6 Å². The molecule has 0 aromatic rings. The van der Waals surface area contributed by atoms with Crippen molar-refractivity contribution in [2.24, 2.45) is 11.0 Å². The van der Waals surface area contributed by atoms with E-state index in [9.17, 15) is 5.11 Å². The van der Waals surface area contributed by atoms with Gasteiger partial charge in [-0.25, -0.2) is 0 Å². The fraction of sp³-hybridized carbons (Fsp3) is 1.00. The third-order valence-corrected chi connectivity index (χ3v) is 10.7. The molecule has 2 aliphatic rings. The lowest BCUT2D eigenvalue weighted by molar-refractivity contribution is -0.361. The topological polar surface area (TPSA) is 106 Å². The predicted molar refractivity (Wildman–Crippen MR) is 100.0 cm³/mol. The zero-order valence-electron chi connectivity index (χ0n) is 17.1. The molecule has 2 heterocycles. The maximum atomic E-state index is 10.8. The Bertz CT molecular complexity index is 563. The van der Waals surface area contributed by atoms with E-state index in [2.05, 4.69) is 50.8 Å². The highest BCUT2D eigenvalue weighted by Gasteiger charge is 2.54. The number of aliphatic hydroxyl groups excluding tert-OH is 1. The van der Waals surface area contributed by atoms with Gasteiger partial charge in [0.25, 0.3) is 0 Å². The van der Waals surface area contributed by atoms with E-state index in [1.165, 1.54) is 0 Å². The molecule has 0 aliphatic carbocycles. The lowest BCUT2D eigenvalue weighted by atomic mass is 9.96. The SMILES string of the molecule is CC(C)C(C)(C)[Si](C)(C)O[C@@H]1O[C@@H]2COC(C)(C)O[C@H]2[C@H](O)[C@H]1N=[N+]=[N-]. The number of aliphatic hydroxyl groups is 1. The molecule has 0 bridgehead atoms. The summed E-state index contributed by atoms with van der Waals surface area (Å²) in [5.41, 5.74) is 8.98. The molecule has 150 valence electrons. The highest BCUT2D eigenvalue weighted by Crippen LogP contribution is 2.46. The Hall–Kier alpha value is -0.673. The molecule has 2 fully saturated rings. The average Bonchev–Trinajstić information content (AvgIpc) is 2.51. The van der Waals surface area contributed by atoms with Crippen molar-refractivity contribution >= 4 is 8.32 Å². The molecule has 26 heavy (non-hydrogen) atoms. The van der Waals surface area contributed by atoms with E-state index in [0.717, 1.165) is 0 Å². The number of azide groups is 1. The molecule has 5 atom stereocenters. The predicted octanol–water partition coefficient (Wildman–Crippen LogP) is 3.56. The van der Waals surface area contributed by atoms with Crippen LogP contribution in [-0.4, -0.2) is 56.5 Å². The molecule has 0 amide bonds. The van der Waals surface area contributed by atoms with Gasteiger partial charge in [0, 0.05) is 4.91 Å². The third-order valence-electron chi connectivity index (χ3n) is 6.25. The Kier molecular flexibility index (Phi) is 6.15. The highest BCUT2D eigenvalue weighted by molar-refractivity contribution is 6.74. The fourth-order valence-electron chi connectivity index (χ4n) is 3.25. The Labute approximate surface area is 156 Å². The first kappa shape index (κ1) is 21.6. The first-order valence-corrected chi connectivity index (χ1v) is 12.1. The van der Waals surface area contributed by atoms with Crippen molar-refractivity contribution in [1.29, 1.82) is 0 Å². The molecule has 0 radical (unpaired) electrons. The van der Waals surface area contributed by atoms with Gasteiger partial charge in [-0.15, -0.1) is 0 Å². The molecule has 0 aromatic heterocycles. The average molecular weight is 388 g/mol. The van der Waals surface area contributed by atoms with Gasteiger partial charge in [-0.2, -0.15) is 0 Å². The Morgan fingerprint density at radius 3 is 2.50 bits per heavy atom. The van der Waals surface area contributed by atoms with Crippen molar-refractivity contribution in [3.63, 3.8) is 0 Å². The van der Waals surface area contributed by atoms with E-state index in [0.29, 0.717) is 5.92 Å². The first-order valence-electron chi connectivity index (χ1n) is 9.20. The number of hydrogen-bond acceptors (Lipinski definition) is 6. The summed E-state index contributed by atoms with van der Waals surface area (Å²) in [5, 5.41) is 14.6. The maximum absolute atomic E-state index is 10.8. The van der Waals surface area contributed by atoms with E-state index in [4.69, 9.17) is 24.2 Å². The summed E-state index contributed by atoms with van der Waals surface area (Å²) in [4.78, 5) is 2.89. The number of rotatable bonds is 5. The van der Waals surface area contributed by atoms with Crippen LogP contribution in [0.5, 0.6) is 0 Å². The van der Waals surface area contributed by atoms with Gasteiger partial charge in [0.05, 0.1) is 12.7 Å². The van der Waals surface area contributed by atoms with Crippen molar-refractivity contribution in [2.75, 3.05) is 6.61 Å². The summed E-state index contributed by atoms with van der Waals surface area (Å²) >= 11 is 0. The summed E-state index contributed by atoms with van der Waals surface area (Å²) in [5.74, 6) is -0.418. The summed E-state index contributed by atoms with van der Waals surface area (Å²) in [6.45, 7) is 16.8.